The van der Waals surface area contributed by atoms with Crippen molar-refractivity contribution < 1.29 is 4.79 Å². The Labute approximate surface area is 89.1 Å². The van der Waals surface area contributed by atoms with Crippen LogP contribution in [0.1, 0.15) is 36.5 Å². The van der Waals surface area contributed by atoms with E-state index in [1.54, 1.807) is 12.4 Å². The van der Waals surface area contributed by atoms with E-state index in [9.17, 15) is 4.79 Å². The predicted molar refractivity (Wildman–Crippen MR) is 56.3 cm³/mol. The number of aromatic nitrogens is 2. The quantitative estimate of drug-likeness (QED) is 0.793. The molecule has 0 radical (unpaired) electrons. The van der Waals surface area contributed by atoms with E-state index in [0.717, 1.165) is 18.8 Å². The van der Waals surface area contributed by atoms with Crippen molar-refractivity contribution in [3.05, 3.63) is 24.3 Å². The van der Waals surface area contributed by atoms with E-state index in [1.165, 1.54) is 12.7 Å². The summed E-state index contributed by atoms with van der Waals surface area (Å²) in [5.74, 6) is 0.664. The second-order valence-corrected chi connectivity index (χ2v) is 4.22. The molecule has 4 nitrogen and oxygen atoms in total. The number of nitrogens with one attached hydrogen (secondary N) is 1. The Morgan fingerprint density at radius 2 is 2.13 bits per heavy atom. The molecule has 1 saturated carbocycles. The third-order valence-corrected chi connectivity index (χ3v) is 2.85. The van der Waals surface area contributed by atoms with E-state index >= 15 is 0 Å². The molecular formula is C11H15N3O. The minimum absolute atomic E-state index is 0.0605. The molecule has 1 N–H and O–H groups in total. The van der Waals surface area contributed by atoms with E-state index in [2.05, 4.69) is 22.2 Å². The van der Waals surface area contributed by atoms with Crippen LogP contribution in [0, 0.1) is 5.92 Å². The van der Waals surface area contributed by atoms with Crippen molar-refractivity contribution in [3.8, 4) is 0 Å². The van der Waals surface area contributed by atoms with Gasteiger partial charge in [0.2, 0.25) is 0 Å². The molecule has 2 atom stereocenters. The molecule has 1 amide bonds. The van der Waals surface area contributed by atoms with Crippen molar-refractivity contribution in [2.75, 3.05) is 0 Å². The topological polar surface area (TPSA) is 54.9 Å². The molecule has 4 heteroatoms. The SMILES string of the molecule is CC1CCC(NC(=O)c2cncnc2)C1. The third kappa shape index (κ3) is 2.52. The molecule has 1 aromatic rings. The van der Waals surface area contributed by atoms with Crippen LogP contribution in [-0.4, -0.2) is 21.9 Å². The van der Waals surface area contributed by atoms with Gasteiger partial charge < -0.3 is 5.32 Å². The molecule has 2 rings (SSSR count). The summed E-state index contributed by atoms with van der Waals surface area (Å²) >= 11 is 0. The van der Waals surface area contributed by atoms with Crippen molar-refractivity contribution in [2.45, 2.75) is 32.2 Å². The van der Waals surface area contributed by atoms with Gasteiger partial charge in [0.1, 0.15) is 6.33 Å². The fourth-order valence-corrected chi connectivity index (χ4v) is 2.02. The molecular weight excluding hydrogens is 190 g/mol. The van der Waals surface area contributed by atoms with Crippen LogP contribution < -0.4 is 5.32 Å². The highest BCUT2D eigenvalue weighted by Crippen LogP contribution is 2.24. The lowest BCUT2D eigenvalue weighted by atomic mass is 10.1. The van der Waals surface area contributed by atoms with E-state index in [4.69, 9.17) is 0 Å². The molecule has 1 fully saturated rings. The molecule has 0 bridgehead atoms. The predicted octanol–water partition coefficient (Wildman–Crippen LogP) is 1.40. The summed E-state index contributed by atoms with van der Waals surface area (Å²) in [5, 5.41) is 3.01. The Bertz CT molecular complexity index is 339. The first-order chi connectivity index (χ1) is 7.25. The van der Waals surface area contributed by atoms with Crippen molar-refractivity contribution in [3.63, 3.8) is 0 Å². The normalized spacial score (nSPS) is 25.1. The fraction of sp³-hybridized carbons (Fsp3) is 0.545. The van der Waals surface area contributed by atoms with Crippen molar-refractivity contribution in [1.29, 1.82) is 0 Å². The lowest BCUT2D eigenvalue weighted by Crippen LogP contribution is -2.32. The minimum Gasteiger partial charge on any atom is -0.349 e. The largest absolute Gasteiger partial charge is 0.349 e. The number of carbonyl (C=O) groups excluding carboxylic acids is 1. The van der Waals surface area contributed by atoms with Gasteiger partial charge in [0, 0.05) is 18.4 Å². The van der Waals surface area contributed by atoms with Crippen LogP contribution in [0.4, 0.5) is 0 Å². The number of rotatable bonds is 2. The third-order valence-electron chi connectivity index (χ3n) is 2.85. The van der Waals surface area contributed by atoms with Gasteiger partial charge in [-0.25, -0.2) is 9.97 Å². The molecule has 2 unspecified atom stereocenters. The molecule has 1 aliphatic carbocycles. The van der Waals surface area contributed by atoms with Crippen LogP contribution in [0.2, 0.25) is 0 Å². The van der Waals surface area contributed by atoms with Crippen molar-refractivity contribution in [1.82, 2.24) is 15.3 Å². The van der Waals surface area contributed by atoms with Crippen molar-refractivity contribution in [2.24, 2.45) is 5.92 Å². The molecule has 0 aromatic carbocycles. The van der Waals surface area contributed by atoms with Crippen LogP contribution >= 0.6 is 0 Å². The summed E-state index contributed by atoms with van der Waals surface area (Å²) in [5.41, 5.74) is 0.539. The Hall–Kier alpha value is -1.45. The maximum atomic E-state index is 11.7. The van der Waals surface area contributed by atoms with Gasteiger partial charge in [-0.05, 0) is 25.2 Å². The molecule has 1 heterocycles. The summed E-state index contributed by atoms with van der Waals surface area (Å²) in [7, 11) is 0. The second kappa shape index (κ2) is 4.38. The Morgan fingerprint density at radius 3 is 2.73 bits per heavy atom. The highest BCUT2D eigenvalue weighted by Gasteiger charge is 2.23. The van der Waals surface area contributed by atoms with Gasteiger partial charge in [-0.2, -0.15) is 0 Å². The minimum atomic E-state index is -0.0605. The summed E-state index contributed by atoms with van der Waals surface area (Å²) in [6.45, 7) is 2.22. The lowest BCUT2D eigenvalue weighted by molar-refractivity contribution is 0.0936. The maximum Gasteiger partial charge on any atom is 0.254 e. The van der Waals surface area contributed by atoms with E-state index in [1.807, 2.05) is 0 Å². The Morgan fingerprint density at radius 1 is 1.40 bits per heavy atom. The van der Waals surface area contributed by atoms with E-state index in [-0.39, 0.29) is 5.91 Å². The van der Waals surface area contributed by atoms with E-state index in [0.29, 0.717) is 11.6 Å². The first kappa shape index (κ1) is 10.1. The van der Waals surface area contributed by atoms with E-state index < -0.39 is 0 Å². The molecule has 0 saturated heterocycles. The maximum absolute atomic E-state index is 11.7. The van der Waals surface area contributed by atoms with Crippen LogP contribution in [0.15, 0.2) is 18.7 Å². The molecule has 80 valence electrons. The zero-order valence-electron chi connectivity index (χ0n) is 8.81. The van der Waals surface area contributed by atoms with Crippen LogP contribution in [-0.2, 0) is 0 Å². The first-order valence-electron chi connectivity index (χ1n) is 5.31. The summed E-state index contributed by atoms with van der Waals surface area (Å²) in [6, 6.07) is 0.327. The molecule has 0 spiro atoms. The average Bonchev–Trinajstić information content (AvgIpc) is 2.65. The zero-order chi connectivity index (χ0) is 10.7. The second-order valence-electron chi connectivity index (χ2n) is 4.22. The standard InChI is InChI=1S/C11H15N3O/c1-8-2-3-10(4-8)14-11(15)9-5-12-7-13-6-9/h5-8,10H,2-4H2,1H3,(H,14,15). The zero-order valence-corrected chi connectivity index (χ0v) is 8.81. The number of amides is 1. The number of nitrogens with zero attached hydrogens (tertiary/aromatic N) is 2. The molecule has 1 aliphatic rings. The summed E-state index contributed by atoms with van der Waals surface area (Å²) < 4.78 is 0. The fourth-order valence-electron chi connectivity index (χ4n) is 2.02. The average molecular weight is 205 g/mol. The Balaban J connectivity index is 1.93. The van der Waals surface area contributed by atoms with Crippen LogP contribution in [0.25, 0.3) is 0 Å². The van der Waals surface area contributed by atoms with Gasteiger partial charge in [-0.1, -0.05) is 6.92 Å². The van der Waals surface area contributed by atoms with Gasteiger partial charge in [0.25, 0.3) is 5.91 Å². The number of hydrogen-bond donors (Lipinski definition) is 1. The van der Waals surface area contributed by atoms with Gasteiger partial charge in [0.05, 0.1) is 5.56 Å². The molecule has 0 aliphatic heterocycles. The Kier molecular flexibility index (Phi) is 2.94. The summed E-state index contributed by atoms with van der Waals surface area (Å²) in [4.78, 5) is 19.4. The summed E-state index contributed by atoms with van der Waals surface area (Å²) in [6.07, 6.45) is 7.88. The smallest absolute Gasteiger partial charge is 0.254 e. The van der Waals surface area contributed by atoms with Gasteiger partial charge >= 0.3 is 0 Å². The lowest BCUT2D eigenvalue weighted by Gasteiger charge is -2.11. The number of carbonyl (C=O) groups is 1. The molecule has 15 heavy (non-hydrogen) atoms. The van der Waals surface area contributed by atoms with Gasteiger partial charge in [0.15, 0.2) is 0 Å². The van der Waals surface area contributed by atoms with Gasteiger partial charge in [-0.3, -0.25) is 4.79 Å². The van der Waals surface area contributed by atoms with Crippen LogP contribution in [0.5, 0.6) is 0 Å². The highest BCUT2D eigenvalue weighted by molar-refractivity contribution is 5.93. The molecule has 1 aromatic heterocycles. The first-order valence-corrected chi connectivity index (χ1v) is 5.31. The number of hydrogen-bond acceptors (Lipinski definition) is 3. The monoisotopic (exact) mass is 205 g/mol. The highest BCUT2D eigenvalue weighted by atomic mass is 16.1. The van der Waals surface area contributed by atoms with Crippen molar-refractivity contribution >= 4 is 5.91 Å². The van der Waals surface area contributed by atoms with Gasteiger partial charge in [-0.15, -0.1) is 0 Å². The van der Waals surface area contributed by atoms with Crippen LogP contribution in [0.3, 0.4) is 0 Å².